The number of anilines is 1. The number of methoxy groups -OCH3 is 1. The van der Waals surface area contributed by atoms with Crippen molar-refractivity contribution in [3.8, 4) is 5.75 Å². The largest absolute Gasteiger partial charge is 0.507 e. The SMILES string of the molecule is COc1c(Cl)cc(C)cc1/C(O)=C1\C(=O)C(=O)N(Cc2ccco2)C1c1ccc(N(C)C)cc1. The lowest BCUT2D eigenvalue weighted by molar-refractivity contribution is -0.140. The third-order valence-electron chi connectivity index (χ3n) is 5.82. The summed E-state index contributed by atoms with van der Waals surface area (Å²) >= 11 is 6.34. The first-order chi connectivity index (χ1) is 16.2. The van der Waals surface area contributed by atoms with Gasteiger partial charge in [-0.25, -0.2) is 0 Å². The van der Waals surface area contributed by atoms with Crippen LogP contribution in [0, 0.1) is 6.92 Å². The highest BCUT2D eigenvalue weighted by atomic mass is 35.5. The van der Waals surface area contributed by atoms with E-state index in [0.29, 0.717) is 16.3 Å². The molecule has 1 aromatic heterocycles. The van der Waals surface area contributed by atoms with Gasteiger partial charge in [0, 0.05) is 19.8 Å². The number of hydrogen-bond donors (Lipinski definition) is 1. The number of furan rings is 1. The van der Waals surface area contributed by atoms with E-state index in [1.54, 1.807) is 24.3 Å². The predicted molar refractivity (Wildman–Crippen MR) is 130 cm³/mol. The molecule has 0 radical (unpaired) electrons. The monoisotopic (exact) mass is 480 g/mol. The minimum absolute atomic E-state index is 0.0332. The number of hydrogen-bond acceptors (Lipinski definition) is 6. The zero-order chi connectivity index (χ0) is 24.6. The Bertz CT molecular complexity index is 1260. The molecule has 1 amide bonds. The lowest BCUT2D eigenvalue weighted by atomic mass is 9.94. The van der Waals surface area contributed by atoms with Gasteiger partial charge >= 0.3 is 0 Å². The number of likely N-dealkylation sites (tertiary alicyclic amines) is 1. The summed E-state index contributed by atoms with van der Waals surface area (Å²) < 4.78 is 10.8. The Morgan fingerprint density at radius 1 is 1.18 bits per heavy atom. The molecule has 1 atom stereocenters. The van der Waals surface area contributed by atoms with Crippen LogP contribution in [-0.4, -0.2) is 42.9 Å². The van der Waals surface area contributed by atoms with Gasteiger partial charge in [0.2, 0.25) is 0 Å². The second kappa shape index (κ2) is 9.27. The molecule has 1 fully saturated rings. The van der Waals surface area contributed by atoms with Gasteiger partial charge in [-0.2, -0.15) is 0 Å². The van der Waals surface area contributed by atoms with Gasteiger partial charge in [0.1, 0.15) is 17.3 Å². The zero-order valence-electron chi connectivity index (χ0n) is 19.3. The molecule has 0 spiro atoms. The Balaban J connectivity index is 1.92. The molecule has 1 aliphatic heterocycles. The molecule has 7 nitrogen and oxygen atoms in total. The van der Waals surface area contributed by atoms with E-state index in [-0.39, 0.29) is 29.2 Å². The van der Waals surface area contributed by atoms with Gasteiger partial charge in [-0.3, -0.25) is 9.59 Å². The smallest absolute Gasteiger partial charge is 0.296 e. The average molecular weight is 481 g/mol. The predicted octanol–water partition coefficient (Wildman–Crippen LogP) is 4.94. The molecule has 4 rings (SSSR count). The van der Waals surface area contributed by atoms with E-state index in [0.717, 1.165) is 11.3 Å². The van der Waals surface area contributed by atoms with Crippen LogP contribution in [0.2, 0.25) is 5.02 Å². The van der Waals surface area contributed by atoms with Crippen LogP contribution in [0.4, 0.5) is 5.69 Å². The molecule has 0 aliphatic carbocycles. The number of Topliss-reactive ketones (excluding diaryl/α,β-unsaturated/α-hetero) is 1. The molecule has 1 saturated heterocycles. The van der Waals surface area contributed by atoms with E-state index in [4.69, 9.17) is 20.8 Å². The number of halogens is 1. The number of ketones is 1. The molecule has 2 aromatic carbocycles. The fourth-order valence-electron chi connectivity index (χ4n) is 4.17. The summed E-state index contributed by atoms with van der Waals surface area (Å²) in [4.78, 5) is 29.8. The van der Waals surface area contributed by atoms with E-state index in [9.17, 15) is 14.7 Å². The molecular weight excluding hydrogens is 456 g/mol. The van der Waals surface area contributed by atoms with Crippen LogP contribution in [0.15, 0.2) is 64.8 Å². The third-order valence-corrected chi connectivity index (χ3v) is 6.10. The second-order valence-corrected chi connectivity index (χ2v) is 8.73. The van der Waals surface area contributed by atoms with E-state index in [1.165, 1.54) is 18.3 Å². The summed E-state index contributed by atoms with van der Waals surface area (Å²) in [7, 11) is 5.28. The molecule has 2 heterocycles. The minimum atomic E-state index is -0.828. The van der Waals surface area contributed by atoms with Gasteiger partial charge in [0.25, 0.3) is 11.7 Å². The Labute approximate surface area is 202 Å². The van der Waals surface area contributed by atoms with E-state index in [2.05, 4.69) is 0 Å². The average Bonchev–Trinajstić information content (AvgIpc) is 3.40. The maximum absolute atomic E-state index is 13.3. The Hall–Kier alpha value is -3.71. The van der Waals surface area contributed by atoms with Crippen molar-refractivity contribution in [3.63, 3.8) is 0 Å². The molecule has 1 N–H and O–H groups in total. The lowest BCUT2D eigenvalue weighted by Gasteiger charge is -2.25. The van der Waals surface area contributed by atoms with Crippen LogP contribution < -0.4 is 9.64 Å². The molecule has 0 bridgehead atoms. The van der Waals surface area contributed by atoms with Gasteiger partial charge in [-0.1, -0.05) is 23.7 Å². The van der Waals surface area contributed by atoms with Crippen molar-refractivity contribution >= 4 is 34.7 Å². The number of rotatable bonds is 6. The number of aliphatic hydroxyl groups excluding tert-OH is 1. The first-order valence-corrected chi connectivity index (χ1v) is 11.0. The highest BCUT2D eigenvalue weighted by Crippen LogP contribution is 2.43. The van der Waals surface area contributed by atoms with Crippen molar-refractivity contribution in [2.45, 2.75) is 19.5 Å². The molecule has 0 saturated carbocycles. The van der Waals surface area contributed by atoms with Crippen molar-refractivity contribution < 1.29 is 23.8 Å². The summed E-state index contributed by atoms with van der Waals surface area (Å²) in [5.74, 6) is -1.11. The fraction of sp³-hybridized carbons (Fsp3) is 0.231. The van der Waals surface area contributed by atoms with Crippen molar-refractivity contribution in [2.24, 2.45) is 0 Å². The molecule has 1 aliphatic rings. The summed E-state index contributed by atoms with van der Waals surface area (Å²) in [5, 5.41) is 11.7. The van der Waals surface area contributed by atoms with Crippen LogP contribution >= 0.6 is 11.6 Å². The number of amides is 1. The Morgan fingerprint density at radius 3 is 2.47 bits per heavy atom. The van der Waals surface area contributed by atoms with Crippen molar-refractivity contribution in [2.75, 3.05) is 26.1 Å². The molecule has 176 valence electrons. The quantitative estimate of drug-likeness (QED) is 0.306. The molecule has 34 heavy (non-hydrogen) atoms. The maximum Gasteiger partial charge on any atom is 0.296 e. The number of carbonyl (C=O) groups is 2. The third kappa shape index (κ3) is 4.15. The Morgan fingerprint density at radius 2 is 1.88 bits per heavy atom. The molecule has 8 heteroatoms. The summed E-state index contributed by atoms with van der Waals surface area (Å²) in [5.41, 5.74) is 2.62. The highest BCUT2D eigenvalue weighted by Gasteiger charge is 2.46. The van der Waals surface area contributed by atoms with Crippen LogP contribution in [-0.2, 0) is 16.1 Å². The lowest BCUT2D eigenvalue weighted by Crippen LogP contribution is -2.29. The summed E-state index contributed by atoms with van der Waals surface area (Å²) in [6.07, 6.45) is 1.51. The van der Waals surface area contributed by atoms with Gasteiger partial charge < -0.3 is 24.1 Å². The van der Waals surface area contributed by atoms with Crippen LogP contribution in [0.5, 0.6) is 5.75 Å². The molecule has 1 unspecified atom stereocenters. The van der Waals surface area contributed by atoms with Gasteiger partial charge in [0.05, 0.1) is 42.1 Å². The summed E-state index contributed by atoms with van der Waals surface area (Å²) in [6, 6.07) is 13.5. The number of ether oxygens (including phenoxy) is 1. The number of carbonyl (C=O) groups excluding carboxylic acids is 2. The topological polar surface area (TPSA) is 83.2 Å². The van der Waals surface area contributed by atoms with Gasteiger partial charge in [0.15, 0.2) is 0 Å². The standard InChI is InChI=1S/C26H25ClN2O5/c1-15-12-19(25(33-4)20(27)13-15)23(30)21-22(16-7-9-17(10-8-16)28(2)3)29(26(32)24(21)31)14-18-6-5-11-34-18/h5-13,22,30H,14H2,1-4H3/b23-21+. The van der Waals surface area contributed by atoms with Crippen LogP contribution in [0.1, 0.15) is 28.5 Å². The fourth-order valence-corrected chi connectivity index (χ4v) is 4.52. The first kappa shape index (κ1) is 23.4. The number of aryl methyl sites for hydroxylation is 1. The van der Waals surface area contributed by atoms with Crippen molar-refractivity contribution in [3.05, 3.63) is 87.8 Å². The number of benzene rings is 2. The summed E-state index contributed by atoms with van der Waals surface area (Å²) in [6.45, 7) is 1.88. The zero-order valence-corrected chi connectivity index (χ0v) is 20.1. The molecular formula is C26H25ClN2O5. The van der Waals surface area contributed by atoms with E-state index in [1.807, 2.05) is 50.2 Å². The van der Waals surface area contributed by atoms with E-state index >= 15 is 0 Å². The van der Waals surface area contributed by atoms with Gasteiger partial charge in [-0.05, 0) is 54.4 Å². The van der Waals surface area contributed by atoms with Crippen LogP contribution in [0.3, 0.4) is 0 Å². The van der Waals surface area contributed by atoms with Crippen molar-refractivity contribution in [1.29, 1.82) is 0 Å². The number of aliphatic hydroxyl groups is 1. The second-order valence-electron chi connectivity index (χ2n) is 8.32. The molecule has 3 aromatic rings. The van der Waals surface area contributed by atoms with Crippen LogP contribution in [0.25, 0.3) is 5.76 Å². The Kier molecular flexibility index (Phi) is 6.39. The number of nitrogens with zero attached hydrogens (tertiary/aromatic N) is 2. The first-order valence-electron chi connectivity index (χ1n) is 10.7. The normalized spacial score (nSPS) is 17.3. The maximum atomic E-state index is 13.3. The van der Waals surface area contributed by atoms with E-state index < -0.39 is 17.7 Å². The highest BCUT2D eigenvalue weighted by molar-refractivity contribution is 6.46. The van der Waals surface area contributed by atoms with Crippen molar-refractivity contribution in [1.82, 2.24) is 4.90 Å². The minimum Gasteiger partial charge on any atom is -0.507 e. The van der Waals surface area contributed by atoms with Gasteiger partial charge in [-0.15, -0.1) is 0 Å².